The van der Waals surface area contributed by atoms with Crippen LogP contribution in [0.5, 0.6) is 0 Å². The Morgan fingerprint density at radius 3 is 2.24 bits per heavy atom. The lowest BCUT2D eigenvalue weighted by Gasteiger charge is -2.08. The van der Waals surface area contributed by atoms with Gasteiger partial charge in [-0.3, -0.25) is 0 Å². The molecule has 0 aromatic heterocycles. The molecule has 2 nitrogen and oxygen atoms in total. The highest BCUT2D eigenvalue weighted by Gasteiger charge is 2.64. The van der Waals surface area contributed by atoms with E-state index in [0.717, 1.165) is 17.8 Å². The second-order valence-electron chi connectivity index (χ2n) is 6.45. The number of nitrogens with two attached hydrogens (primary N) is 1. The van der Waals surface area contributed by atoms with E-state index in [2.05, 4.69) is 51.2 Å². The molecule has 1 aliphatic rings. The molecule has 0 saturated heterocycles. The van der Waals surface area contributed by atoms with Crippen LogP contribution >= 0.6 is 0 Å². The average Bonchev–Trinajstić information content (AvgIpc) is 2.61. The Balaban J connectivity index is 1.98. The van der Waals surface area contributed by atoms with Crippen molar-refractivity contribution in [2.24, 2.45) is 10.8 Å². The number of hydrogen-bond acceptors (Lipinski definition) is 2. The van der Waals surface area contributed by atoms with E-state index >= 15 is 0 Å². The standard InChI is InChI=1S/C15H24N2/c1-10-6-7-11(8-12(10)16)9-17-13-14(2,3)15(13,4)5/h6-8,13,17H,9,16H2,1-5H3. The zero-order valence-corrected chi connectivity index (χ0v) is 11.6. The molecule has 1 aromatic rings. The molecule has 0 radical (unpaired) electrons. The van der Waals surface area contributed by atoms with Gasteiger partial charge in [-0.2, -0.15) is 0 Å². The maximum atomic E-state index is 5.92. The Labute approximate surface area is 105 Å². The first kappa shape index (κ1) is 12.4. The summed E-state index contributed by atoms with van der Waals surface area (Å²) in [5.74, 6) is 0. The molecule has 94 valence electrons. The first-order chi connectivity index (χ1) is 7.76. The molecule has 3 N–H and O–H groups in total. The summed E-state index contributed by atoms with van der Waals surface area (Å²) in [4.78, 5) is 0. The highest BCUT2D eigenvalue weighted by molar-refractivity contribution is 5.48. The van der Waals surface area contributed by atoms with Crippen LogP contribution in [0.2, 0.25) is 0 Å². The monoisotopic (exact) mass is 232 g/mol. The van der Waals surface area contributed by atoms with Gasteiger partial charge in [-0.1, -0.05) is 39.8 Å². The predicted octanol–water partition coefficient (Wildman–Crippen LogP) is 3.10. The normalized spacial score (nSPS) is 21.5. The molecule has 0 atom stereocenters. The first-order valence-electron chi connectivity index (χ1n) is 6.35. The van der Waals surface area contributed by atoms with E-state index in [9.17, 15) is 0 Å². The Kier molecular flexibility index (Phi) is 2.74. The van der Waals surface area contributed by atoms with Crippen LogP contribution in [0.3, 0.4) is 0 Å². The van der Waals surface area contributed by atoms with E-state index in [0.29, 0.717) is 16.9 Å². The maximum Gasteiger partial charge on any atom is 0.0346 e. The van der Waals surface area contributed by atoms with Crippen molar-refractivity contribution in [3.8, 4) is 0 Å². The molecule has 2 heteroatoms. The van der Waals surface area contributed by atoms with E-state index in [1.165, 1.54) is 5.56 Å². The zero-order chi connectivity index (χ0) is 12.8. The Morgan fingerprint density at radius 1 is 1.18 bits per heavy atom. The number of nitrogen functional groups attached to an aromatic ring is 1. The van der Waals surface area contributed by atoms with Crippen LogP contribution in [0.1, 0.15) is 38.8 Å². The molecule has 0 aliphatic heterocycles. The molecule has 1 aliphatic carbocycles. The highest BCUT2D eigenvalue weighted by Crippen LogP contribution is 2.62. The van der Waals surface area contributed by atoms with Gasteiger partial charge in [-0.05, 0) is 34.9 Å². The summed E-state index contributed by atoms with van der Waals surface area (Å²) in [6, 6.07) is 6.92. The fraction of sp³-hybridized carbons (Fsp3) is 0.600. The maximum absolute atomic E-state index is 5.92. The van der Waals surface area contributed by atoms with Crippen LogP contribution in [0, 0.1) is 17.8 Å². The molecule has 1 aromatic carbocycles. The van der Waals surface area contributed by atoms with Crippen LogP contribution in [0.15, 0.2) is 18.2 Å². The molecule has 0 amide bonds. The molecule has 0 bridgehead atoms. The summed E-state index contributed by atoms with van der Waals surface area (Å²) in [5.41, 5.74) is 10.0. The van der Waals surface area contributed by atoms with E-state index in [1.807, 2.05) is 6.92 Å². The van der Waals surface area contributed by atoms with E-state index in [-0.39, 0.29) is 0 Å². The van der Waals surface area contributed by atoms with Crippen LogP contribution in [0.25, 0.3) is 0 Å². The number of nitrogens with one attached hydrogen (secondary N) is 1. The van der Waals surface area contributed by atoms with Gasteiger partial charge in [-0.15, -0.1) is 0 Å². The fourth-order valence-electron chi connectivity index (χ4n) is 2.73. The van der Waals surface area contributed by atoms with Crippen molar-refractivity contribution in [3.63, 3.8) is 0 Å². The molecule has 0 unspecified atom stereocenters. The molecule has 0 heterocycles. The first-order valence-corrected chi connectivity index (χ1v) is 6.35. The van der Waals surface area contributed by atoms with Gasteiger partial charge in [0.05, 0.1) is 0 Å². The predicted molar refractivity (Wildman–Crippen MR) is 73.8 cm³/mol. The van der Waals surface area contributed by atoms with Crippen molar-refractivity contribution in [2.75, 3.05) is 5.73 Å². The SMILES string of the molecule is Cc1ccc(CNC2C(C)(C)C2(C)C)cc1N. The topological polar surface area (TPSA) is 38.0 Å². The smallest absolute Gasteiger partial charge is 0.0346 e. The molecular formula is C15H24N2. The molecule has 17 heavy (non-hydrogen) atoms. The number of aryl methyl sites for hydroxylation is 1. The van der Waals surface area contributed by atoms with Gasteiger partial charge in [0.15, 0.2) is 0 Å². The lowest BCUT2D eigenvalue weighted by Crippen LogP contribution is -2.21. The van der Waals surface area contributed by atoms with Gasteiger partial charge >= 0.3 is 0 Å². The summed E-state index contributed by atoms with van der Waals surface area (Å²) in [5, 5.41) is 3.64. The van der Waals surface area contributed by atoms with Crippen molar-refractivity contribution in [2.45, 2.75) is 47.2 Å². The molecule has 1 fully saturated rings. The zero-order valence-electron chi connectivity index (χ0n) is 11.6. The highest BCUT2D eigenvalue weighted by atomic mass is 15.0. The number of hydrogen-bond donors (Lipinski definition) is 2. The van der Waals surface area contributed by atoms with Gasteiger partial charge in [-0.25, -0.2) is 0 Å². The Bertz CT molecular complexity index is 419. The summed E-state index contributed by atoms with van der Waals surface area (Å²) >= 11 is 0. The number of anilines is 1. The van der Waals surface area contributed by atoms with E-state index in [4.69, 9.17) is 5.73 Å². The summed E-state index contributed by atoms with van der Waals surface area (Å²) in [7, 11) is 0. The Morgan fingerprint density at radius 2 is 1.76 bits per heavy atom. The van der Waals surface area contributed by atoms with Gasteiger partial charge in [0.2, 0.25) is 0 Å². The van der Waals surface area contributed by atoms with Gasteiger partial charge in [0, 0.05) is 18.3 Å². The minimum atomic E-state index is 0.392. The molecule has 0 spiro atoms. The van der Waals surface area contributed by atoms with Crippen LogP contribution < -0.4 is 11.1 Å². The third-order valence-electron chi connectivity index (χ3n) is 4.87. The van der Waals surface area contributed by atoms with Crippen LogP contribution in [-0.4, -0.2) is 6.04 Å². The quantitative estimate of drug-likeness (QED) is 0.786. The fourth-order valence-corrected chi connectivity index (χ4v) is 2.73. The van der Waals surface area contributed by atoms with Crippen LogP contribution in [0.4, 0.5) is 5.69 Å². The second kappa shape index (κ2) is 3.74. The number of rotatable bonds is 3. The van der Waals surface area contributed by atoms with Crippen LogP contribution in [-0.2, 0) is 6.54 Å². The van der Waals surface area contributed by atoms with E-state index < -0.39 is 0 Å². The number of benzene rings is 1. The summed E-state index contributed by atoms with van der Waals surface area (Å²) in [6.45, 7) is 12.3. The molecule has 2 rings (SSSR count). The van der Waals surface area contributed by atoms with Crippen molar-refractivity contribution in [1.82, 2.24) is 5.32 Å². The van der Waals surface area contributed by atoms with E-state index in [1.54, 1.807) is 0 Å². The van der Waals surface area contributed by atoms with Crippen molar-refractivity contribution < 1.29 is 0 Å². The van der Waals surface area contributed by atoms with Gasteiger partial charge in [0.25, 0.3) is 0 Å². The van der Waals surface area contributed by atoms with Gasteiger partial charge in [0.1, 0.15) is 0 Å². The van der Waals surface area contributed by atoms with Gasteiger partial charge < -0.3 is 11.1 Å². The largest absolute Gasteiger partial charge is 0.399 e. The summed E-state index contributed by atoms with van der Waals surface area (Å²) in [6.07, 6.45) is 0. The van der Waals surface area contributed by atoms with Crippen molar-refractivity contribution in [3.05, 3.63) is 29.3 Å². The third-order valence-corrected chi connectivity index (χ3v) is 4.87. The third kappa shape index (κ3) is 1.95. The van der Waals surface area contributed by atoms with Crippen molar-refractivity contribution in [1.29, 1.82) is 0 Å². The Hall–Kier alpha value is -1.02. The average molecular weight is 232 g/mol. The lowest BCUT2D eigenvalue weighted by molar-refractivity contribution is 0.457. The molecular weight excluding hydrogens is 208 g/mol. The van der Waals surface area contributed by atoms with Crippen molar-refractivity contribution >= 4 is 5.69 Å². The lowest BCUT2D eigenvalue weighted by atomic mass is 10.0. The minimum absolute atomic E-state index is 0.392. The molecule has 1 saturated carbocycles. The summed E-state index contributed by atoms with van der Waals surface area (Å²) < 4.78 is 0. The second-order valence-corrected chi connectivity index (χ2v) is 6.45. The minimum Gasteiger partial charge on any atom is -0.399 e.